The van der Waals surface area contributed by atoms with Crippen LogP contribution >= 0.6 is 11.6 Å². The summed E-state index contributed by atoms with van der Waals surface area (Å²) < 4.78 is 0. The first kappa shape index (κ1) is 9.04. The van der Waals surface area contributed by atoms with Crippen LogP contribution in [0.5, 0.6) is 0 Å². The van der Waals surface area contributed by atoms with Gasteiger partial charge in [-0.1, -0.05) is 23.7 Å². The molecule has 0 amide bonds. The quantitative estimate of drug-likeness (QED) is 0.725. The van der Waals surface area contributed by atoms with Gasteiger partial charge in [-0.15, -0.1) is 0 Å². The van der Waals surface area contributed by atoms with Crippen molar-refractivity contribution in [3.8, 4) is 0 Å². The van der Waals surface area contributed by atoms with Crippen LogP contribution in [0.3, 0.4) is 0 Å². The second-order valence-corrected chi connectivity index (χ2v) is 3.80. The zero-order valence-corrected chi connectivity index (χ0v) is 8.27. The maximum Gasteiger partial charge on any atom is 0.0406 e. The SMILES string of the molecule is Clc1ccc([C]2CCNCC2)cc1. The van der Waals surface area contributed by atoms with Gasteiger partial charge in [-0.3, -0.25) is 0 Å². The van der Waals surface area contributed by atoms with Gasteiger partial charge in [-0.2, -0.15) is 0 Å². The van der Waals surface area contributed by atoms with E-state index in [0.29, 0.717) is 0 Å². The molecule has 13 heavy (non-hydrogen) atoms. The second-order valence-electron chi connectivity index (χ2n) is 3.36. The number of benzene rings is 1. The van der Waals surface area contributed by atoms with Crippen LogP contribution in [0.1, 0.15) is 18.4 Å². The van der Waals surface area contributed by atoms with Crippen LogP contribution in [0, 0.1) is 5.92 Å². The van der Waals surface area contributed by atoms with Gasteiger partial charge >= 0.3 is 0 Å². The van der Waals surface area contributed by atoms with Crippen molar-refractivity contribution in [2.75, 3.05) is 13.1 Å². The summed E-state index contributed by atoms with van der Waals surface area (Å²) in [5.74, 6) is 1.55. The van der Waals surface area contributed by atoms with Gasteiger partial charge in [0.05, 0.1) is 0 Å². The molecule has 1 saturated heterocycles. The van der Waals surface area contributed by atoms with Gasteiger partial charge in [0.1, 0.15) is 0 Å². The van der Waals surface area contributed by atoms with E-state index in [2.05, 4.69) is 17.4 Å². The summed E-state index contributed by atoms with van der Waals surface area (Å²) in [5.41, 5.74) is 1.35. The van der Waals surface area contributed by atoms with Crippen LogP contribution in [-0.4, -0.2) is 13.1 Å². The summed E-state index contributed by atoms with van der Waals surface area (Å²) in [6, 6.07) is 8.16. The van der Waals surface area contributed by atoms with Gasteiger partial charge < -0.3 is 5.32 Å². The topological polar surface area (TPSA) is 12.0 Å². The summed E-state index contributed by atoms with van der Waals surface area (Å²) >= 11 is 5.83. The van der Waals surface area contributed by atoms with Crippen LogP contribution in [-0.2, 0) is 0 Å². The zero-order valence-electron chi connectivity index (χ0n) is 7.52. The minimum Gasteiger partial charge on any atom is -0.317 e. The van der Waals surface area contributed by atoms with Crippen molar-refractivity contribution in [2.45, 2.75) is 12.8 Å². The summed E-state index contributed by atoms with van der Waals surface area (Å²) in [4.78, 5) is 0. The van der Waals surface area contributed by atoms with Crippen LogP contribution < -0.4 is 5.32 Å². The number of piperidine rings is 1. The Balaban J connectivity index is 2.10. The lowest BCUT2D eigenvalue weighted by Crippen LogP contribution is -2.27. The lowest BCUT2D eigenvalue weighted by molar-refractivity contribution is 0.565. The fourth-order valence-electron chi connectivity index (χ4n) is 1.70. The average molecular weight is 195 g/mol. The highest BCUT2D eigenvalue weighted by Crippen LogP contribution is 2.24. The maximum absolute atomic E-state index is 5.83. The predicted octanol–water partition coefficient (Wildman–Crippen LogP) is 2.65. The average Bonchev–Trinajstić information content (AvgIpc) is 2.20. The molecule has 69 valence electrons. The summed E-state index contributed by atoms with van der Waals surface area (Å²) in [6.45, 7) is 2.22. The van der Waals surface area contributed by atoms with Crippen LogP contribution in [0.4, 0.5) is 0 Å². The van der Waals surface area contributed by atoms with Crippen molar-refractivity contribution in [2.24, 2.45) is 0 Å². The minimum absolute atomic E-state index is 0.818. The Kier molecular flexibility index (Phi) is 2.87. The molecule has 1 aromatic rings. The molecular formula is C11H13ClN. The first-order chi connectivity index (χ1) is 6.36. The number of hydrogen-bond acceptors (Lipinski definition) is 1. The van der Waals surface area contributed by atoms with Gasteiger partial charge in [-0.05, 0) is 43.6 Å². The van der Waals surface area contributed by atoms with Crippen molar-refractivity contribution in [3.05, 3.63) is 40.8 Å². The van der Waals surface area contributed by atoms with Gasteiger partial charge in [0.2, 0.25) is 0 Å². The van der Waals surface area contributed by atoms with Gasteiger partial charge in [0.25, 0.3) is 0 Å². The molecule has 1 aliphatic rings. The van der Waals surface area contributed by atoms with E-state index in [4.69, 9.17) is 11.6 Å². The third-order valence-electron chi connectivity index (χ3n) is 2.46. The highest BCUT2D eigenvalue weighted by atomic mass is 35.5. The number of nitrogens with one attached hydrogen (secondary N) is 1. The highest BCUT2D eigenvalue weighted by Gasteiger charge is 2.14. The normalized spacial score (nSPS) is 18.8. The molecule has 0 atom stereocenters. The van der Waals surface area contributed by atoms with E-state index in [1.807, 2.05) is 12.1 Å². The first-order valence-electron chi connectivity index (χ1n) is 4.67. The Bertz CT molecular complexity index is 262. The molecule has 1 nitrogen and oxygen atoms in total. The van der Waals surface area contributed by atoms with E-state index in [-0.39, 0.29) is 0 Å². The van der Waals surface area contributed by atoms with E-state index in [1.165, 1.54) is 18.4 Å². The number of rotatable bonds is 1. The molecule has 1 heterocycles. The molecule has 0 saturated carbocycles. The molecule has 0 spiro atoms. The van der Waals surface area contributed by atoms with Crippen molar-refractivity contribution in [1.82, 2.24) is 5.32 Å². The predicted molar refractivity (Wildman–Crippen MR) is 55.9 cm³/mol. The van der Waals surface area contributed by atoms with E-state index < -0.39 is 0 Å². The third kappa shape index (κ3) is 2.23. The Morgan fingerprint density at radius 2 is 1.62 bits per heavy atom. The first-order valence-corrected chi connectivity index (χ1v) is 5.05. The Labute approximate surface area is 84.1 Å². The zero-order chi connectivity index (χ0) is 9.10. The number of halogens is 1. The van der Waals surface area contributed by atoms with Gasteiger partial charge in [0.15, 0.2) is 0 Å². The molecule has 1 radical (unpaired) electrons. The molecule has 1 aliphatic heterocycles. The van der Waals surface area contributed by atoms with Gasteiger partial charge in [-0.25, -0.2) is 0 Å². The van der Waals surface area contributed by atoms with Crippen molar-refractivity contribution >= 4 is 11.6 Å². The van der Waals surface area contributed by atoms with Crippen molar-refractivity contribution in [3.63, 3.8) is 0 Å². The van der Waals surface area contributed by atoms with Crippen LogP contribution in [0.15, 0.2) is 24.3 Å². The van der Waals surface area contributed by atoms with Crippen molar-refractivity contribution < 1.29 is 0 Å². The molecule has 0 aliphatic carbocycles. The standard InChI is InChI=1S/C11H13ClN/c12-11-3-1-9(2-4-11)10-5-7-13-8-6-10/h1-4,13H,5-8H2. The lowest BCUT2D eigenvalue weighted by Gasteiger charge is -2.22. The summed E-state index contributed by atoms with van der Waals surface area (Å²) in [6.07, 6.45) is 2.34. The van der Waals surface area contributed by atoms with Crippen molar-refractivity contribution in [1.29, 1.82) is 0 Å². The third-order valence-corrected chi connectivity index (χ3v) is 2.71. The maximum atomic E-state index is 5.83. The molecular weight excluding hydrogens is 182 g/mol. The molecule has 0 aromatic heterocycles. The molecule has 2 rings (SSSR count). The largest absolute Gasteiger partial charge is 0.317 e. The molecule has 1 N–H and O–H groups in total. The minimum atomic E-state index is 0.818. The van der Waals surface area contributed by atoms with Crippen LogP contribution in [0.2, 0.25) is 5.02 Å². The molecule has 1 aromatic carbocycles. The number of hydrogen-bond donors (Lipinski definition) is 1. The molecule has 0 unspecified atom stereocenters. The lowest BCUT2D eigenvalue weighted by atomic mass is 9.90. The summed E-state index contributed by atoms with van der Waals surface area (Å²) in [5, 5.41) is 4.17. The molecule has 0 bridgehead atoms. The fourth-order valence-corrected chi connectivity index (χ4v) is 1.83. The Hall–Kier alpha value is -0.530. The van der Waals surface area contributed by atoms with E-state index in [0.717, 1.165) is 18.1 Å². The van der Waals surface area contributed by atoms with Gasteiger partial charge in [0, 0.05) is 10.9 Å². The van der Waals surface area contributed by atoms with E-state index >= 15 is 0 Å². The van der Waals surface area contributed by atoms with Crippen LogP contribution in [0.25, 0.3) is 0 Å². The smallest absolute Gasteiger partial charge is 0.0406 e. The molecule has 1 fully saturated rings. The van der Waals surface area contributed by atoms with E-state index in [1.54, 1.807) is 5.92 Å². The highest BCUT2D eigenvalue weighted by molar-refractivity contribution is 6.30. The van der Waals surface area contributed by atoms with E-state index in [9.17, 15) is 0 Å². The Morgan fingerprint density at radius 1 is 1.00 bits per heavy atom. The Morgan fingerprint density at radius 3 is 2.23 bits per heavy atom. The fraction of sp³-hybridized carbons (Fsp3) is 0.364. The molecule has 2 heteroatoms. The monoisotopic (exact) mass is 194 g/mol. The summed E-state index contributed by atoms with van der Waals surface area (Å²) in [7, 11) is 0. The second kappa shape index (κ2) is 4.12.